The molecule has 7 heteroatoms. The first-order valence-electron chi connectivity index (χ1n) is 8.98. The molecule has 0 bridgehead atoms. The zero-order valence-electron chi connectivity index (χ0n) is 15.7. The normalized spacial score (nSPS) is 13.7. The van der Waals surface area contributed by atoms with Gasteiger partial charge in [0.05, 0.1) is 12.9 Å². The summed E-state index contributed by atoms with van der Waals surface area (Å²) in [6.07, 6.45) is 2.42. The Kier molecular flexibility index (Phi) is 4.78. The molecule has 0 unspecified atom stereocenters. The van der Waals surface area contributed by atoms with Crippen LogP contribution in [0.2, 0.25) is 0 Å². The maximum Gasteiger partial charge on any atom is 0.209 e. The number of rotatable bonds is 7. The third-order valence-corrected chi connectivity index (χ3v) is 5.70. The number of ketones is 1. The summed E-state index contributed by atoms with van der Waals surface area (Å²) in [5, 5.41) is 7.73. The second-order valence-corrected chi connectivity index (χ2v) is 7.74. The molecule has 6 nitrogen and oxygen atoms in total. The van der Waals surface area contributed by atoms with Crippen LogP contribution in [-0.4, -0.2) is 38.4 Å². The zero-order chi connectivity index (χ0) is 19.0. The van der Waals surface area contributed by atoms with Crippen LogP contribution in [0.3, 0.4) is 0 Å². The van der Waals surface area contributed by atoms with Crippen molar-refractivity contribution in [3.63, 3.8) is 0 Å². The Morgan fingerprint density at radius 2 is 2.04 bits per heavy atom. The fourth-order valence-corrected chi connectivity index (χ4v) is 4.03. The van der Waals surface area contributed by atoms with Crippen molar-refractivity contribution in [3.8, 4) is 17.1 Å². The number of H-pyrrole nitrogens is 1. The van der Waals surface area contributed by atoms with E-state index in [-0.39, 0.29) is 5.78 Å². The van der Waals surface area contributed by atoms with E-state index < -0.39 is 0 Å². The third-order valence-electron chi connectivity index (χ3n) is 4.86. The second kappa shape index (κ2) is 7.23. The molecule has 27 heavy (non-hydrogen) atoms. The van der Waals surface area contributed by atoms with Crippen LogP contribution in [0, 0.1) is 13.8 Å². The Morgan fingerprint density at radius 3 is 2.70 bits per heavy atom. The van der Waals surface area contributed by atoms with Crippen LogP contribution in [-0.2, 0) is 0 Å². The highest BCUT2D eigenvalue weighted by molar-refractivity contribution is 7.99. The minimum absolute atomic E-state index is 0.121. The fourth-order valence-electron chi connectivity index (χ4n) is 3.35. The second-order valence-electron chi connectivity index (χ2n) is 6.79. The van der Waals surface area contributed by atoms with Gasteiger partial charge < -0.3 is 9.30 Å². The van der Waals surface area contributed by atoms with Crippen LogP contribution >= 0.6 is 11.8 Å². The van der Waals surface area contributed by atoms with Gasteiger partial charge in [-0.2, -0.15) is 0 Å². The Bertz CT molecular complexity index is 971. The summed E-state index contributed by atoms with van der Waals surface area (Å²) in [4.78, 5) is 17.2. The van der Waals surface area contributed by atoms with Crippen molar-refractivity contribution in [2.45, 2.75) is 37.9 Å². The Labute approximate surface area is 162 Å². The molecule has 0 saturated heterocycles. The van der Waals surface area contributed by atoms with Crippen LogP contribution in [0.1, 0.15) is 40.6 Å². The number of thioether (sulfide) groups is 1. The number of carbonyl (C=O) groups excluding carboxylic acids is 1. The Balaban J connectivity index is 1.42. The molecule has 1 N–H and O–H groups in total. The molecule has 0 atom stereocenters. The van der Waals surface area contributed by atoms with Crippen molar-refractivity contribution in [1.82, 2.24) is 19.7 Å². The standard InChI is InChI=1S/C20H22N4O2S/c1-12-10-17(13(2)24(12)15-6-7-15)18(25)11-27-20-21-19(22-23-20)14-4-8-16(26-3)9-5-14/h4-5,8-10,15H,6-7,11H2,1-3H3,(H,21,22,23). The monoisotopic (exact) mass is 382 g/mol. The van der Waals surface area contributed by atoms with E-state index in [0.29, 0.717) is 22.8 Å². The lowest BCUT2D eigenvalue weighted by molar-refractivity contribution is 0.102. The average Bonchev–Trinajstić information content (AvgIpc) is 3.31. The summed E-state index contributed by atoms with van der Waals surface area (Å²) >= 11 is 1.36. The summed E-state index contributed by atoms with van der Waals surface area (Å²) < 4.78 is 7.46. The number of aromatic amines is 1. The van der Waals surface area contributed by atoms with Crippen LogP contribution in [0.5, 0.6) is 5.75 Å². The topological polar surface area (TPSA) is 72.8 Å². The molecule has 140 valence electrons. The maximum absolute atomic E-state index is 12.7. The molecular formula is C20H22N4O2S. The number of nitrogens with zero attached hydrogens (tertiary/aromatic N) is 3. The number of nitrogens with one attached hydrogen (secondary N) is 1. The molecule has 0 aliphatic heterocycles. The van der Waals surface area contributed by atoms with E-state index >= 15 is 0 Å². The van der Waals surface area contributed by atoms with Crippen molar-refractivity contribution in [2.75, 3.05) is 12.9 Å². The molecule has 1 aromatic carbocycles. The van der Waals surface area contributed by atoms with E-state index in [2.05, 4.69) is 26.7 Å². The third kappa shape index (κ3) is 3.64. The van der Waals surface area contributed by atoms with Gasteiger partial charge in [0.15, 0.2) is 11.6 Å². The Morgan fingerprint density at radius 1 is 1.30 bits per heavy atom. The lowest BCUT2D eigenvalue weighted by Crippen LogP contribution is -2.06. The van der Waals surface area contributed by atoms with Gasteiger partial charge >= 0.3 is 0 Å². The predicted molar refractivity (Wildman–Crippen MR) is 106 cm³/mol. The summed E-state index contributed by atoms with van der Waals surface area (Å²) in [6, 6.07) is 10.2. The SMILES string of the molecule is COc1ccc(-c2nc(SCC(=O)c3cc(C)n(C4CC4)c3C)n[nH]2)cc1. The summed E-state index contributed by atoms with van der Waals surface area (Å²) in [7, 11) is 1.64. The van der Waals surface area contributed by atoms with E-state index in [0.717, 1.165) is 22.6 Å². The van der Waals surface area contributed by atoms with Crippen molar-refractivity contribution < 1.29 is 9.53 Å². The minimum atomic E-state index is 0.121. The average molecular weight is 382 g/mol. The van der Waals surface area contributed by atoms with E-state index in [4.69, 9.17) is 4.74 Å². The highest BCUT2D eigenvalue weighted by atomic mass is 32.2. The number of Topliss-reactive ketones (excluding diaryl/α,β-unsaturated/α-hetero) is 1. The number of aryl methyl sites for hydroxylation is 1. The molecule has 3 aromatic rings. The predicted octanol–water partition coefficient (Wildman–Crippen LogP) is 4.21. The lowest BCUT2D eigenvalue weighted by atomic mass is 10.2. The Hall–Kier alpha value is -2.54. The first kappa shape index (κ1) is 17.9. The van der Waals surface area contributed by atoms with Gasteiger partial charge in [-0.15, -0.1) is 5.10 Å². The van der Waals surface area contributed by atoms with Crippen LogP contribution in [0.15, 0.2) is 35.5 Å². The van der Waals surface area contributed by atoms with Gasteiger partial charge in [-0.05, 0) is 57.0 Å². The molecule has 1 aliphatic rings. The molecule has 2 aromatic heterocycles. The smallest absolute Gasteiger partial charge is 0.209 e. The number of aromatic nitrogens is 4. The number of benzene rings is 1. The molecule has 4 rings (SSSR count). The number of methoxy groups -OCH3 is 1. The van der Waals surface area contributed by atoms with Gasteiger partial charge in [0.25, 0.3) is 0 Å². The van der Waals surface area contributed by atoms with Gasteiger partial charge in [-0.3, -0.25) is 9.89 Å². The summed E-state index contributed by atoms with van der Waals surface area (Å²) in [5.74, 6) is 1.92. The van der Waals surface area contributed by atoms with Crippen molar-refractivity contribution >= 4 is 17.5 Å². The quantitative estimate of drug-likeness (QED) is 0.489. The molecular weight excluding hydrogens is 360 g/mol. The molecule has 1 aliphatic carbocycles. The van der Waals surface area contributed by atoms with E-state index in [1.807, 2.05) is 37.3 Å². The molecule has 0 amide bonds. The van der Waals surface area contributed by atoms with Crippen molar-refractivity contribution in [1.29, 1.82) is 0 Å². The minimum Gasteiger partial charge on any atom is -0.497 e. The van der Waals surface area contributed by atoms with Crippen LogP contribution < -0.4 is 4.74 Å². The van der Waals surface area contributed by atoms with Crippen LogP contribution in [0.4, 0.5) is 0 Å². The van der Waals surface area contributed by atoms with E-state index in [1.54, 1.807) is 7.11 Å². The lowest BCUT2D eigenvalue weighted by Gasteiger charge is -2.07. The van der Waals surface area contributed by atoms with Gasteiger partial charge in [0.2, 0.25) is 5.16 Å². The van der Waals surface area contributed by atoms with Crippen molar-refractivity contribution in [3.05, 3.63) is 47.3 Å². The highest BCUT2D eigenvalue weighted by Gasteiger charge is 2.28. The number of ether oxygens (including phenoxy) is 1. The largest absolute Gasteiger partial charge is 0.497 e. The molecule has 0 radical (unpaired) electrons. The number of hydrogen-bond acceptors (Lipinski definition) is 5. The van der Waals surface area contributed by atoms with Gasteiger partial charge in [0, 0.05) is 28.6 Å². The van der Waals surface area contributed by atoms with Crippen molar-refractivity contribution in [2.24, 2.45) is 0 Å². The summed E-state index contributed by atoms with van der Waals surface area (Å²) in [6.45, 7) is 4.11. The first-order chi connectivity index (χ1) is 13.1. The van der Waals surface area contributed by atoms with Gasteiger partial charge in [-0.1, -0.05) is 11.8 Å². The van der Waals surface area contributed by atoms with Crippen LogP contribution in [0.25, 0.3) is 11.4 Å². The van der Waals surface area contributed by atoms with E-state index in [1.165, 1.54) is 30.3 Å². The molecule has 2 heterocycles. The fraction of sp³-hybridized carbons (Fsp3) is 0.350. The molecule has 1 saturated carbocycles. The van der Waals surface area contributed by atoms with Gasteiger partial charge in [0.1, 0.15) is 5.75 Å². The molecule has 1 fully saturated rings. The molecule has 0 spiro atoms. The summed E-state index contributed by atoms with van der Waals surface area (Å²) in [5.41, 5.74) is 3.99. The van der Waals surface area contributed by atoms with Gasteiger partial charge in [-0.25, -0.2) is 4.98 Å². The number of hydrogen-bond donors (Lipinski definition) is 1. The number of carbonyl (C=O) groups is 1. The first-order valence-corrected chi connectivity index (χ1v) is 9.96. The maximum atomic E-state index is 12.7. The van der Waals surface area contributed by atoms with E-state index in [9.17, 15) is 4.79 Å². The zero-order valence-corrected chi connectivity index (χ0v) is 16.5. The highest BCUT2D eigenvalue weighted by Crippen LogP contribution is 2.38.